The van der Waals surface area contributed by atoms with Gasteiger partial charge in [0, 0.05) is 43.2 Å². The second-order valence-corrected chi connectivity index (χ2v) is 8.88. The zero-order valence-corrected chi connectivity index (χ0v) is 20.1. The molecule has 0 radical (unpaired) electrons. The molecule has 1 aromatic carbocycles. The van der Waals surface area contributed by atoms with Crippen LogP contribution in [0.25, 0.3) is 5.65 Å². The SMILES string of the molecule is CCOC(=O)c1nn(CCCc2ccccc2)c2c1CN(C(=O)c1cn3ccc(C)cc3n1)CC2. The molecule has 0 aliphatic carbocycles. The van der Waals surface area contributed by atoms with Crippen LogP contribution in [-0.4, -0.2) is 49.1 Å². The standard InChI is InChI=1S/C27H29N5O3/c1-3-35-27(34)25-21-17-31(26(33)22-18-30-14-11-19(2)16-24(30)28-22)15-12-23(21)32(29-25)13-7-10-20-8-5-4-6-9-20/h4-6,8-9,11,14,16,18H,3,7,10,12-13,15,17H2,1-2H3. The number of aryl methyl sites for hydroxylation is 3. The number of hydrogen-bond acceptors (Lipinski definition) is 5. The summed E-state index contributed by atoms with van der Waals surface area (Å²) in [5, 5.41) is 4.64. The molecule has 180 valence electrons. The molecule has 4 aromatic rings. The number of amides is 1. The maximum atomic E-state index is 13.3. The Kier molecular flexibility index (Phi) is 6.35. The van der Waals surface area contributed by atoms with E-state index in [-0.39, 0.29) is 12.5 Å². The van der Waals surface area contributed by atoms with Gasteiger partial charge >= 0.3 is 5.97 Å². The molecule has 4 heterocycles. The second-order valence-electron chi connectivity index (χ2n) is 8.88. The van der Waals surface area contributed by atoms with Gasteiger partial charge in [0.15, 0.2) is 5.69 Å². The van der Waals surface area contributed by atoms with Crippen LogP contribution in [0.5, 0.6) is 0 Å². The molecule has 0 N–H and O–H groups in total. The molecule has 0 atom stereocenters. The molecule has 0 spiro atoms. The van der Waals surface area contributed by atoms with Gasteiger partial charge in [-0.05, 0) is 49.9 Å². The lowest BCUT2D eigenvalue weighted by molar-refractivity contribution is 0.0513. The third-order valence-corrected chi connectivity index (χ3v) is 6.40. The summed E-state index contributed by atoms with van der Waals surface area (Å²) < 4.78 is 9.06. The second kappa shape index (κ2) is 9.74. The number of benzene rings is 1. The number of imidazole rings is 1. The van der Waals surface area contributed by atoms with Crippen LogP contribution in [0, 0.1) is 6.92 Å². The van der Waals surface area contributed by atoms with E-state index in [1.165, 1.54) is 5.56 Å². The molecule has 0 fully saturated rings. The van der Waals surface area contributed by atoms with Crippen LogP contribution in [0.15, 0.2) is 54.9 Å². The number of aromatic nitrogens is 4. The van der Waals surface area contributed by atoms with Crippen LogP contribution in [0.1, 0.15) is 56.7 Å². The lowest BCUT2D eigenvalue weighted by atomic mass is 10.0. The summed E-state index contributed by atoms with van der Waals surface area (Å²) in [5.74, 6) is -0.591. The molecule has 8 nitrogen and oxygen atoms in total. The van der Waals surface area contributed by atoms with Gasteiger partial charge in [-0.15, -0.1) is 0 Å². The number of hydrogen-bond donors (Lipinski definition) is 0. The van der Waals surface area contributed by atoms with Crippen molar-refractivity contribution in [3.8, 4) is 0 Å². The Morgan fingerprint density at radius 3 is 2.77 bits per heavy atom. The molecule has 0 unspecified atom stereocenters. The minimum absolute atomic E-state index is 0.149. The average molecular weight is 472 g/mol. The molecule has 3 aromatic heterocycles. The Balaban J connectivity index is 1.37. The van der Waals surface area contributed by atoms with Crippen LogP contribution >= 0.6 is 0 Å². The van der Waals surface area contributed by atoms with Crippen molar-refractivity contribution < 1.29 is 14.3 Å². The highest BCUT2D eigenvalue weighted by atomic mass is 16.5. The van der Waals surface area contributed by atoms with Crippen molar-refractivity contribution in [2.45, 2.75) is 46.2 Å². The van der Waals surface area contributed by atoms with Gasteiger partial charge in [0.05, 0.1) is 13.2 Å². The highest BCUT2D eigenvalue weighted by Crippen LogP contribution is 2.25. The van der Waals surface area contributed by atoms with E-state index >= 15 is 0 Å². The van der Waals surface area contributed by atoms with E-state index in [1.54, 1.807) is 18.0 Å². The smallest absolute Gasteiger partial charge is 0.359 e. The van der Waals surface area contributed by atoms with E-state index in [1.807, 2.05) is 52.5 Å². The predicted octanol–water partition coefficient (Wildman–Crippen LogP) is 3.85. The number of esters is 1. The van der Waals surface area contributed by atoms with E-state index in [4.69, 9.17) is 4.74 Å². The van der Waals surface area contributed by atoms with E-state index in [0.717, 1.165) is 35.3 Å². The van der Waals surface area contributed by atoms with Crippen molar-refractivity contribution >= 4 is 17.5 Å². The summed E-state index contributed by atoms with van der Waals surface area (Å²) in [6.07, 6.45) is 6.13. The molecule has 0 bridgehead atoms. The van der Waals surface area contributed by atoms with E-state index in [0.29, 0.717) is 37.4 Å². The number of ether oxygens (including phenoxy) is 1. The highest BCUT2D eigenvalue weighted by Gasteiger charge is 2.31. The fourth-order valence-electron chi connectivity index (χ4n) is 4.64. The largest absolute Gasteiger partial charge is 0.461 e. The molecule has 35 heavy (non-hydrogen) atoms. The number of carbonyl (C=O) groups excluding carboxylic acids is 2. The van der Waals surface area contributed by atoms with Gasteiger partial charge in [0.2, 0.25) is 0 Å². The Labute approximate surface area is 204 Å². The molecular weight excluding hydrogens is 442 g/mol. The third-order valence-electron chi connectivity index (χ3n) is 6.40. The fourth-order valence-corrected chi connectivity index (χ4v) is 4.64. The summed E-state index contributed by atoms with van der Waals surface area (Å²) in [7, 11) is 0. The average Bonchev–Trinajstić information content (AvgIpc) is 3.45. The zero-order chi connectivity index (χ0) is 24.4. The first-order chi connectivity index (χ1) is 17.0. The summed E-state index contributed by atoms with van der Waals surface area (Å²) in [6.45, 7) is 5.62. The van der Waals surface area contributed by atoms with Crippen LogP contribution in [0.2, 0.25) is 0 Å². The van der Waals surface area contributed by atoms with Gasteiger partial charge in [-0.3, -0.25) is 9.48 Å². The molecule has 0 saturated heterocycles. The first-order valence-electron chi connectivity index (χ1n) is 12.1. The van der Waals surface area contributed by atoms with Gasteiger partial charge in [-0.2, -0.15) is 5.10 Å². The highest BCUT2D eigenvalue weighted by molar-refractivity contribution is 5.94. The molecule has 0 saturated carbocycles. The Morgan fingerprint density at radius 1 is 1.14 bits per heavy atom. The lowest BCUT2D eigenvalue weighted by Crippen LogP contribution is -2.37. The minimum atomic E-state index is -0.442. The Bertz CT molecular complexity index is 1370. The molecule has 8 heteroatoms. The van der Waals surface area contributed by atoms with Gasteiger partial charge in [-0.1, -0.05) is 30.3 Å². The topological polar surface area (TPSA) is 81.7 Å². The number of fused-ring (bicyclic) bond motifs is 2. The number of carbonyl (C=O) groups is 2. The van der Waals surface area contributed by atoms with Crippen molar-refractivity contribution in [1.82, 2.24) is 24.1 Å². The zero-order valence-electron chi connectivity index (χ0n) is 20.1. The van der Waals surface area contributed by atoms with E-state index in [9.17, 15) is 9.59 Å². The van der Waals surface area contributed by atoms with Crippen molar-refractivity contribution in [2.75, 3.05) is 13.2 Å². The minimum Gasteiger partial charge on any atom is -0.461 e. The number of nitrogens with zero attached hydrogens (tertiary/aromatic N) is 5. The summed E-state index contributed by atoms with van der Waals surface area (Å²) >= 11 is 0. The molecular formula is C27H29N5O3. The van der Waals surface area contributed by atoms with Crippen LogP contribution in [-0.2, 0) is 30.7 Å². The maximum Gasteiger partial charge on any atom is 0.359 e. The molecule has 1 aliphatic heterocycles. The van der Waals surface area contributed by atoms with Crippen molar-refractivity contribution in [3.05, 3.63) is 88.6 Å². The predicted molar refractivity (Wildman–Crippen MR) is 131 cm³/mol. The van der Waals surface area contributed by atoms with Crippen LogP contribution < -0.4 is 0 Å². The van der Waals surface area contributed by atoms with Crippen molar-refractivity contribution in [2.24, 2.45) is 0 Å². The summed E-state index contributed by atoms with van der Waals surface area (Å²) in [6, 6.07) is 14.3. The Hall–Kier alpha value is -3.94. The first kappa shape index (κ1) is 22.8. The first-order valence-corrected chi connectivity index (χ1v) is 12.1. The summed E-state index contributed by atoms with van der Waals surface area (Å²) in [5.41, 5.74) is 5.60. The quantitative estimate of drug-likeness (QED) is 0.383. The molecule has 1 amide bonds. The van der Waals surface area contributed by atoms with E-state index < -0.39 is 5.97 Å². The number of rotatable bonds is 7. The number of pyridine rings is 1. The monoisotopic (exact) mass is 471 g/mol. The summed E-state index contributed by atoms with van der Waals surface area (Å²) in [4.78, 5) is 32.3. The van der Waals surface area contributed by atoms with Gasteiger partial charge in [-0.25, -0.2) is 9.78 Å². The lowest BCUT2D eigenvalue weighted by Gasteiger charge is -2.27. The molecule has 1 aliphatic rings. The van der Waals surface area contributed by atoms with Gasteiger partial charge in [0.25, 0.3) is 5.91 Å². The van der Waals surface area contributed by atoms with Crippen LogP contribution in [0.3, 0.4) is 0 Å². The fraction of sp³-hybridized carbons (Fsp3) is 0.333. The third kappa shape index (κ3) is 4.69. The van der Waals surface area contributed by atoms with Crippen molar-refractivity contribution in [1.29, 1.82) is 0 Å². The molecule has 5 rings (SSSR count). The van der Waals surface area contributed by atoms with Gasteiger partial charge in [0.1, 0.15) is 11.3 Å². The Morgan fingerprint density at radius 2 is 1.97 bits per heavy atom. The van der Waals surface area contributed by atoms with Crippen molar-refractivity contribution in [3.63, 3.8) is 0 Å². The van der Waals surface area contributed by atoms with Gasteiger partial charge < -0.3 is 14.0 Å². The van der Waals surface area contributed by atoms with Crippen LogP contribution in [0.4, 0.5) is 0 Å². The van der Waals surface area contributed by atoms with E-state index in [2.05, 4.69) is 22.2 Å². The normalized spacial score (nSPS) is 13.1. The maximum absolute atomic E-state index is 13.3.